The number of urea groups is 1. The highest BCUT2D eigenvalue weighted by Gasteiger charge is 2.37. The van der Waals surface area contributed by atoms with E-state index < -0.39 is 6.03 Å². The Bertz CT molecular complexity index is 1140. The highest BCUT2D eigenvalue weighted by atomic mass is 79.9. The van der Waals surface area contributed by atoms with Crippen LogP contribution in [0.2, 0.25) is 0 Å². The SMILES string of the molecule is O=C1CCN(N2Cc3cc(CN4CCN(c5ccnc(Br)c5F)CC4)ccc3C2=O)C(=O)N1. The molecular weight excluding hydrogens is 495 g/mol. The van der Waals surface area contributed by atoms with Gasteiger partial charge in [-0.3, -0.25) is 19.8 Å². The first-order valence-corrected chi connectivity index (χ1v) is 11.5. The molecule has 1 aromatic carbocycles. The summed E-state index contributed by atoms with van der Waals surface area (Å²) in [5.41, 5.74) is 3.07. The molecule has 0 aliphatic carbocycles. The van der Waals surface area contributed by atoms with Crippen LogP contribution in [0.4, 0.5) is 14.9 Å². The molecule has 2 aromatic rings. The number of pyridine rings is 1. The van der Waals surface area contributed by atoms with Crippen LogP contribution < -0.4 is 10.2 Å². The molecule has 1 aromatic heterocycles. The van der Waals surface area contributed by atoms with E-state index in [1.165, 1.54) is 10.0 Å². The zero-order valence-electron chi connectivity index (χ0n) is 17.8. The number of nitrogens with zero attached hydrogens (tertiary/aromatic N) is 5. The van der Waals surface area contributed by atoms with Gasteiger partial charge in [0.1, 0.15) is 4.60 Å². The summed E-state index contributed by atoms with van der Waals surface area (Å²) in [4.78, 5) is 44.6. The van der Waals surface area contributed by atoms with Gasteiger partial charge in [0.2, 0.25) is 5.91 Å². The van der Waals surface area contributed by atoms with E-state index >= 15 is 0 Å². The Morgan fingerprint density at radius 2 is 1.82 bits per heavy atom. The minimum absolute atomic E-state index is 0.170. The number of carbonyl (C=O) groups excluding carboxylic acids is 3. The molecule has 1 N–H and O–H groups in total. The average Bonchev–Trinajstić information content (AvgIpc) is 3.12. The lowest BCUT2D eigenvalue weighted by molar-refractivity contribution is -0.123. The van der Waals surface area contributed by atoms with Gasteiger partial charge in [0.15, 0.2) is 5.82 Å². The van der Waals surface area contributed by atoms with Gasteiger partial charge in [-0.1, -0.05) is 12.1 Å². The number of piperazine rings is 1. The fourth-order valence-corrected chi connectivity index (χ4v) is 4.82. The molecule has 4 amide bonds. The maximum absolute atomic E-state index is 14.4. The van der Waals surface area contributed by atoms with Gasteiger partial charge < -0.3 is 4.90 Å². The summed E-state index contributed by atoms with van der Waals surface area (Å²) < 4.78 is 14.6. The fraction of sp³-hybridized carbons (Fsp3) is 0.364. The number of imide groups is 1. The number of anilines is 1. The summed E-state index contributed by atoms with van der Waals surface area (Å²) in [6.07, 6.45) is 1.76. The molecule has 33 heavy (non-hydrogen) atoms. The number of rotatable bonds is 4. The minimum Gasteiger partial charge on any atom is -0.366 e. The van der Waals surface area contributed by atoms with Crippen molar-refractivity contribution in [3.63, 3.8) is 0 Å². The first kappa shape index (κ1) is 21.8. The zero-order chi connectivity index (χ0) is 23.1. The van der Waals surface area contributed by atoms with Crippen molar-refractivity contribution in [1.82, 2.24) is 25.2 Å². The van der Waals surface area contributed by atoms with Crippen LogP contribution in [0.3, 0.4) is 0 Å². The summed E-state index contributed by atoms with van der Waals surface area (Å²) in [5, 5.41) is 4.96. The lowest BCUT2D eigenvalue weighted by atomic mass is 10.1. The Labute approximate surface area is 198 Å². The van der Waals surface area contributed by atoms with Gasteiger partial charge in [0, 0.05) is 50.9 Å². The van der Waals surface area contributed by atoms with E-state index in [-0.39, 0.29) is 35.2 Å². The largest absolute Gasteiger partial charge is 0.366 e. The number of carbonyl (C=O) groups is 3. The predicted octanol–water partition coefficient (Wildman–Crippen LogP) is 2.12. The van der Waals surface area contributed by atoms with Gasteiger partial charge in [-0.2, -0.15) is 0 Å². The van der Waals surface area contributed by atoms with Crippen molar-refractivity contribution in [3.8, 4) is 0 Å². The van der Waals surface area contributed by atoms with E-state index in [0.29, 0.717) is 30.9 Å². The van der Waals surface area contributed by atoms with Crippen LogP contribution >= 0.6 is 15.9 Å². The molecule has 2 saturated heterocycles. The van der Waals surface area contributed by atoms with Crippen LogP contribution in [0.1, 0.15) is 27.9 Å². The quantitative estimate of drug-likeness (QED) is 0.626. The summed E-state index contributed by atoms with van der Waals surface area (Å²) in [6.45, 7) is 4.17. The Balaban J connectivity index is 1.22. The fourth-order valence-electron chi connectivity index (χ4n) is 4.50. The maximum atomic E-state index is 14.4. The number of benzene rings is 1. The lowest BCUT2D eigenvalue weighted by Gasteiger charge is -2.36. The molecule has 172 valence electrons. The minimum atomic E-state index is -0.567. The van der Waals surface area contributed by atoms with E-state index in [1.807, 2.05) is 17.0 Å². The topological polar surface area (TPSA) is 89.1 Å². The molecule has 5 rings (SSSR count). The first-order valence-electron chi connectivity index (χ1n) is 10.7. The number of fused-ring (bicyclic) bond motifs is 1. The van der Waals surface area contributed by atoms with Crippen LogP contribution in [0.25, 0.3) is 0 Å². The highest BCUT2D eigenvalue weighted by Crippen LogP contribution is 2.28. The van der Waals surface area contributed by atoms with Crippen molar-refractivity contribution in [3.05, 3.63) is 57.6 Å². The molecule has 3 aliphatic heterocycles. The predicted molar refractivity (Wildman–Crippen MR) is 121 cm³/mol. The van der Waals surface area contributed by atoms with Crippen molar-refractivity contribution in [2.75, 3.05) is 37.6 Å². The number of halogens is 2. The summed E-state index contributed by atoms with van der Waals surface area (Å²) in [7, 11) is 0. The van der Waals surface area contributed by atoms with E-state index in [2.05, 4.69) is 31.1 Å². The molecule has 2 fully saturated rings. The van der Waals surface area contributed by atoms with E-state index in [0.717, 1.165) is 30.8 Å². The lowest BCUT2D eigenvalue weighted by Crippen LogP contribution is -2.56. The molecule has 3 aliphatic rings. The van der Waals surface area contributed by atoms with Gasteiger partial charge >= 0.3 is 6.03 Å². The molecule has 11 heteroatoms. The van der Waals surface area contributed by atoms with E-state index in [4.69, 9.17) is 0 Å². The molecule has 0 unspecified atom stereocenters. The number of nitrogens with one attached hydrogen (secondary N) is 1. The van der Waals surface area contributed by atoms with E-state index in [9.17, 15) is 18.8 Å². The molecule has 0 bridgehead atoms. The van der Waals surface area contributed by atoms with Crippen LogP contribution in [0, 0.1) is 5.82 Å². The molecule has 4 heterocycles. The van der Waals surface area contributed by atoms with Gasteiger partial charge in [-0.05, 0) is 39.2 Å². The van der Waals surface area contributed by atoms with Gasteiger partial charge in [-0.15, -0.1) is 0 Å². The molecule has 0 spiro atoms. The van der Waals surface area contributed by atoms with Crippen LogP contribution in [0.5, 0.6) is 0 Å². The first-order chi connectivity index (χ1) is 15.9. The molecular formula is C22H22BrFN6O3. The Morgan fingerprint density at radius 3 is 2.58 bits per heavy atom. The Morgan fingerprint density at radius 1 is 1.03 bits per heavy atom. The highest BCUT2D eigenvalue weighted by molar-refractivity contribution is 9.10. The van der Waals surface area contributed by atoms with Gasteiger partial charge in [0.05, 0.1) is 18.8 Å². The number of hydrogen-bond donors (Lipinski definition) is 1. The van der Waals surface area contributed by atoms with Crippen molar-refractivity contribution >= 4 is 39.5 Å². The van der Waals surface area contributed by atoms with E-state index in [1.54, 1.807) is 18.3 Å². The molecule has 0 radical (unpaired) electrons. The molecule has 9 nitrogen and oxygen atoms in total. The molecule has 0 atom stereocenters. The Kier molecular flexibility index (Phi) is 5.75. The van der Waals surface area contributed by atoms with Crippen molar-refractivity contribution in [2.45, 2.75) is 19.5 Å². The van der Waals surface area contributed by atoms with Crippen molar-refractivity contribution < 1.29 is 18.8 Å². The third-order valence-electron chi connectivity index (χ3n) is 6.22. The normalized spacial score (nSPS) is 19.2. The number of hydrazine groups is 1. The zero-order valence-corrected chi connectivity index (χ0v) is 19.3. The summed E-state index contributed by atoms with van der Waals surface area (Å²) >= 11 is 3.14. The summed E-state index contributed by atoms with van der Waals surface area (Å²) in [6, 6.07) is 6.87. The standard InChI is InChI=1S/C22H22BrFN6O3/c23-20-19(24)17(3-5-25-20)28-9-7-27(8-10-28)12-14-1-2-16-15(11-14)13-30(21(16)32)29-6-4-18(31)26-22(29)33/h1-3,5,11H,4,6-10,12-13H2,(H,26,31,33). The second-order valence-electron chi connectivity index (χ2n) is 8.28. The number of amides is 4. The van der Waals surface area contributed by atoms with Crippen molar-refractivity contribution in [1.29, 1.82) is 0 Å². The third-order valence-corrected chi connectivity index (χ3v) is 6.78. The maximum Gasteiger partial charge on any atom is 0.342 e. The second-order valence-corrected chi connectivity index (χ2v) is 9.03. The second kappa shape index (κ2) is 8.71. The van der Waals surface area contributed by atoms with Crippen LogP contribution in [-0.2, 0) is 17.9 Å². The van der Waals surface area contributed by atoms with Crippen molar-refractivity contribution in [2.24, 2.45) is 0 Å². The third kappa shape index (κ3) is 4.18. The number of hydrogen-bond acceptors (Lipinski definition) is 6. The monoisotopic (exact) mass is 516 g/mol. The van der Waals surface area contributed by atoms with Gasteiger partial charge in [-0.25, -0.2) is 24.2 Å². The van der Waals surface area contributed by atoms with Crippen LogP contribution in [-0.4, -0.2) is 70.5 Å². The average molecular weight is 517 g/mol. The van der Waals surface area contributed by atoms with Crippen LogP contribution in [0.15, 0.2) is 35.1 Å². The number of aromatic nitrogens is 1. The smallest absolute Gasteiger partial charge is 0.342 e. The molecule has 0 saturated carbocycles. The Hall–Kier alpha value is -3.05. The van der Waals surface area contributed by atoms with Gasteiger partial charge in [0.25, 0.3) is 5.91 Å². The summed E-state index contributed by atoms with van der Waals surface area (Å²) in [5.74, 6) is -0.909.